The van der Waals surface area contributed by atoms with Gasteiger partial charge in [-0.1, -0.05) is 152 Å². The zero-order valence-corrected chi connectivity index (χ0v) is 35.5. The van der Waals surface area contributed by atoms with Crippen LogP contribution in [0.4, 0.5) is 17.1 Å². The Labute approximate surface area is 373 Å². The van der Waals surface area contributed by atoms with Crippen LogP contribution < -0.4 is 4.90 Å². The Hall–Kier alpha value is -8.18. The molecule has 0 atom stereocenters. The fraction of sp³-hybridized carbons (Fsp3) is 0. The fourth-order valence-electron chi connectivity index (χ4n) is 9.83. The highest BCUT2D eigenvalue weighted by Crippen LogP contribution is 2.47. The number of thiophene rings is 1. The van der Waals surface area contributed by atoms with Crippen molar-refractivity contribution in [3.05, 3.63) is 231 Å². The summed E-state index contributed by atoms with van der Waals surface area (Å²) in [5, 5.41) is 7.23. The molecule has 0 spiro atoms. The Morgan fingerprint density at radius 3 is 1.81 bits per heavy atom. The molecule has 13 rings (SSSR count). The van der Waals surface area contributed by atoms with Crippen LogP contribution in [0.25, 0.3) is 103 Å². The molecule has 0 saturated carbocycles. The third kappa shape index (κ3) is 5.88. The first-order chi connectivity index (χ1) is 31.7. The van der Waals surface area contributed by atoms with Crippen LogP contribution in [0, 0.1) is 0 Å². The van der Waals surface area contributed by atoms with Gasteiger partial charge in [0.05, 0.1) is 16.7 Å². The highest BCUT2D eigenvalue weighted by Gasteiger charge is 2.23. The molecular weight excluding hydrogens is 797 g/mol. The second kappa shape index (κ2) is 14.7. The number of hydrogen-bond acceptors (Lipinski definition) is 3. The van der Waals surface area contributed by atoms with E-state index in [1.807, 2.05) is 11.3 Å². The number of anilines is 3. The molecule has 10 aromatic carbocycles. The Morgan fingerprint density at radius 1 is 0.359 bits per heavy atom. The number of rotatable bonds is 7. The molecule has 300 valence electrons. The first kappa shape index (κ1) is 36.5. The number of hydrogen-bond donors (Lipinski definition) is 0. The van der Waals surface area contributed by atoms with Gasteiger partial charge in [0.25, 0.3) is 0 Å². The average Bonchev–Trinajstić information content (AvgIpc) is 4.04. The lowest BCUT2D eigenvalue weighted by Crippen LogP contribution is -2.11. The average molecular weight is 835 g/mol. The van der Waals surface area contributed by atoms with Gasteiger partial charge in [0.1, 0.15) is 11.2 Å². The number of para-hydroxylation sites is 4. The molecule has 0 fully saturated rings. The topological polar surface area (TPSA) is 21.3 Å². The molecule has 0 aliphatic heterocycles. The smallest absolute Gasteiger partial charge is 0.143 e. The van der Waals surface area contributed by atoms with Crippen LogP contribution in [-0.4, -0.2) is 4.57 Å². The zero-order chi connectivity index (χ0) is 42.1. The molecule has 0 unspecified atom stereocenters. The van der Waals surface area contributed by atoms with Gasteiger partial charge in [-0.05, 0) is 101 Å². The third-order valence-electron chi connectivity index (χ3n) is 12.8. The van der Waals surface area contributed by atoms with Crippen molar-refractivity contribution in [3.8, 4) is 39.1 Å². The number of furan rings is 1. The van der Waals surface area contributed by atoms with Crippen molar-refractivity contribution in [1.29, 1.82) is 0 Å². The largest absolute Gasteiger partial charge is 0.455 e. The number of aromatic nitrogens is 1. The van der Waals surface area contributed by atoms with Crippen molar-refractivity contribution in [2.45, 2.75) is 0 Å². The molecule has 0 aliphatic carbocycles. The van der Waals surface area contributed by atoms with Crippen molar-refractivity contribution in [3.63, 3.8) is 0 Å². The minimum Gasteiger partial charge on any atom is -0.455 e. The summed E-state index contributed by atoms with van der Waals surface area (Å²) in [6.45, 7) is 0. The lowest BCUT2D eigenvalue weighted by Gasteiger charge is -2.29. The Morgan fingerprint density at radius 2 is 1.00 bits per heavy atom. The predicted octanol–water partition coefficient (Wildman–Crippen LogP) is 17.5. The molecule has 0 saturated heterocycles. The minimum atomic E-state index is 0.868. The quantitative estimate of drug-likeness (QED) is 0.159. The van der Waals surface area contributed by atoms with Crippen LogP contribution >= 0.6 is 11.3 Å². The summed E-state index contributed by atoms with van der Waals surface area (Å²) >= 11 is 1.85. The normalized spacial score (nSPS) is 11.8. The van der Waals surface area contributed by atoms with E-state index in [2.05, 4.69) is 240 Å². The maximum absolute atomic E-state index is 6.82. The third-order valence-corrected chi connectivity index (χ3v) is 13.9. The molecule has 3 heterocycles. The van der Waals surface area contributed by atoms with Crippen LogP contribution in [-0.2, 0) is 0 Å². The van der Waals surface area contributed by atoms with Crippen molar-refractivity contribution >= 4 is 92.3 Å². The highest BCUT2D eigenvalue weighted by molar-refractivity contribution is 7.25. The van der Waals surface area contributed by atoms with E-state index in [4.69, 9.17) is 4.42 Å². The SMILES string of the molecule is c1ccc(-c2cccc(N(c3cc(-c4ccc(-n5c6ccccc6c6ccccc65)cc4)c4oc5ccccc5c4c3)c3ccccc3-c3ccc4sc5ccccc5c4c3)c2)cc1. The molecule has 13 aromatic rings. The second-order valence-electron chi connectivity index (χ2n) is 16.5. The zero-order valence-electron chi connectivity index (χ0n) is 34.7. The van der Waals surface area contributed by atoms with Gasteiger partial charge in [0.15, 0.2) is 0 Å². The maximum Gasteiger partial charge on any atom is 0.143 e. The molecule has 4 heteroatoms. The summed E-state index contributed by atoms with van der Waals surface area (Å²) in [5.74, 6) is 0. The molecule has 0 amide bonds. The first-order valence-electron chi connectivity index (χ1n) is 21.7. The number of benzene rings is 10. The summed E-state index contributed by atoms with van der Waals surface area (Å²) in [6, 6.07) is 83.5. The van der Waals surface area contributed by atoms with Crippen molar-refractivity contribution in [2.75, 3.05) is 4.90 Å². The predicted molar refractivity (Wildman–Crippen MR) is 272 cm³/mol. The molecule has 0 aliphatic rings. The van der Waals surface area contributed by atoms with E-state index < -0.39 is 0 Å². The van der Waals surface area contributed by atoms with Gasteiger partial charge in [0.2, 0.25) is 0 Å². The summed E-state index contributed by atoms with van der Waals surface area (Å²) in [7, 11) is 0. The van der Waals surface area contributed by atoms with E-state index in [1.165, 1.54) is 53.1 Å². The fourth-order valence-corrected chi connectivity index (χ4v) is 10.9. The highest BCUT2D eigenvalue weighted by atomic mass is 32.1. The van der Waals surface area contributed by atoms with E-state index >= 15 is 0 Å². The van der Waals surface area contributed by atoms with Gasteiger partial charge in [-0.3, -0.25) is 0 Å². The Balaban J connectivity index is 1.04. The lowest BCUT2D eigenvalue weighted by atomic mass is 9.97. The Kier molecular flexibility index (Phi) is 8.40. The van der Waals surface area contributed by atoms with Gasteiger partial charge in [-0.2, -0.15) is 0 Å². The maximum atomic E-state index is 6.82. The van der Waals surface area contributed by atoms with Crippen LogP contribution in [0.2, 0.25) is 0 Å². The Bertz CT molecular complexity index is 3860. The molecule has 0 bridgehead atoms. The summed E-state index contributed by atoms with van der Waals surface area (Å²) in [5.41, 5.74) is 15.2. The second-order valence-corrected chi connectivity index (χ2v) is 17.5. The van der Waals surface area contributed by atoms with E-state index in [9.17, 15) is 0 Å². The molecule has 3 aromatic heterocycles. The molecule has 0 N–H and O–H groups in total. The molecule has 3 nitrogen and oxygen atoms in total. The summed E-state index contributed by atoms with van der Waals surface area (Å²) in [4.78, 5) is 2.44. The number of nitrogens with zero attached hydrogens (tertiary/aromatic N) is 2. The van der Waals surface area contributed by atoms with Gasteiger partial charge in [-0.15, -0.1) is 11.3 Å². The van der Waals surface area contributed by atoms with Crippen LogP contribution in [0.15, 0.2) is 235 Å². The standard InChI is InChI=1S/C60H38N2OS/c1-2-15-39(16-3-1)41-17-14-18-44(35-41)61(54-24-9-4-19-46(54)42-31-34-59-52(36-42)50-23-8-13-28-58(50)64-59)45-37-51(60-53(38-45)49-22-7-12-27-57(49)63-60)40-29-32-43(33-30-40)62-55-25-10-5-20-47(55)48-21-6-11-26-56(48)62/h1-38H. The van der Waals surface area contributed by atoms with Crippen LogP contribution in [0.3, 0.4) is 0 Å². The van der Waals surface area contributed by atoms with Gasteiger partial charge >= 0.3 is 0 Å². The van der Waals surface area contributed by atoms with Gasteiger partial charge in [-0.25, -0.2) is 0 Å². The molecule has 64 heavy (non-hydrogen) atoms. The van der Waals surface area contributed by atoms with E-state index in [0.29, 0.717) is 0 Å². The summed E-state index contributed by atoms with van der Waals surface area (Å²) in [6.07, 6.45) is 0. The minimum absolute atomic E-state index is 0.868. The summed E-state index contributed by atoms with van der Waals surface area (Å²) < 4.78 is 11.8. The van der Waals surface area contributed by atoms with E-state index in [-0.39, 0.29) is 0 Å². The molecular formula is C60H38N2OS. The first-order valence-corrected chi connectivity index (χ1v) is 22.6. The number of fused-ring (bicyclic) bond motifs is 9. The molecule has 0 radical (unpaired) electrons. The van der Waals surface area contributed by atoms with Crippen molar-refractivity contribution < 1.29 is 4.42 Å². The van der Waals surface area contributed by atoms with Crippen molar-refractivity contribution in [2.24, 2.45) is 0 Å². The monoisotopic (exact) mass is 834 g/mol. The van der Waals surface area contributed by atoms with Gasteiger partial charge in [0, 0.05) is 69.9 Å². The van der Waals surface area contributed by atoms with Crippen LogP contribution in [0.5, 0.6) is 0 Å². The van der Waals surface area contributed by atoms with Crippen LogP contribution in [0.1, 0.15) is 0 Å². The van der Waals surface area contributed by atoms with E-state index in [0.717, 1.165) is 66.9 Å². The van der Waals surface area contributed by atoms with Crippen molar-refractivity contribution in [1.82, 2.24) is 4.57 Å². The lowest BCUT2D eigenvalue weighted by molar-refractivity contribution is 0.670. The van der Waals surface area contributed by atoms with E-state index in [1.54, 1.807) is 0 Å². The van der Waals surface area contributed by atoms with Gasteiger partial charge < -0.3 is 13.9 Å².